The first-order chi connectivity index (χ1) is 18.6. The number of phenolic OH excluding ortho intramolecular Hbond substituents is 1. The standard InChI is InChI=1S/C30H24N2O7/c1-14-4-3-5-19(27(14)34)24-18-10-11-20-25(21(18)13-22-26(24)23(33)12-15(2)28(22)35)30(37)31(29(20)36)16-6-8-17(9-7-16)32(38)39/h3-10,12,20-21,24-25,34H,11,13H2,1-2H3. The number of benzene rings is 2. The minimum absolute atomic E-state index is 0.0193. The van der Waals surface area contributed by atoms with E-state index in [-0.39, 0.29) is 41.5 Å². The molecule has 4 aliphatic rings. The molecule has 196 valence electrons. The Morgan fingerprint density at radius 2 is 1.69 bits per heavy atom. The van der Waals surface area contributed by atoms with E-state index in [1.807, 2.05) is 6.08 Å². The fourth-order valence-electron chi connectivity index (χ4n) is 6.63. The van der Waals surface area contributed by atoms with Crippen molar-refractivity contribution in [2.24, 2.45) is 17.8 Å². The minimum Gasteiger partial charge on any atom is -0.507 e. The fraction of sp³-hybridized carbons (Fsp3) is 0.267. The van der Waals surface area contributed by atoms with Gasteiger partial charge >= 0.3 is 0 Å². The number of non-ortho nitro benzene ring substituents is 1. The monoisotopic (exact) mass is 524 g/mol. The van der Waals surface area contributed by atoms with E-state index in [9.17, 15) is 34.4 Å². The van der Waals surface area contributed by atoms with Crippen LogP contribution in [0, 0.1) is 34.8 Å². The summed E-state index contributed by atoms with van der Waals surface area (Å²) in [6.45, 7) is 3.33. The van der Waals surface area contributed by atoms with Gasteiger partial charge in [0.2, 0.25) is 11.8 Å². The van der Waals surface area contributed by atoms with Gasteiger partial charge in [0, 0.05) is 40.3 Å². The zero-order valence-corrected chi connectivity index (χ0v) is 21.2. The second-order valence-electron chi connectivity index (χ2n) is 10.5. The molecular formula is C30H24N2O7. The van der Waals surface area contributed by atoms with Crippen LogP contribution < -0.4 is 4.90 Å². The molecule has 0 saturated carbocycles. The van der Waals surface area contributed by atoms with E-state index in [0.717, 1.165) is 10.5 Å². The Morgan fingerprint density at radius 1 is 0.974 bits per heavy atom. The predicted octanol–water partition coefficient (Wildman–Crippen LogP) is 4.24. The van der Waals surface area contributed by atoms with Crippen molar-refractivity contribution in [2.75, 3.05) is 4.90 Å². The molecule has 2 aromatic carbocycles. The number of nitrogens with zero attached hydrogens (tertiary/aromatic N) is 2. The Balaban J connectivity index is 1.47. The van der Waals surface area contributed by atoms with E-state index >= 15 is 0 Å². The van der Waals surface area contributed by atoms with Crippen molar-refractivity contribution in [1.82, 2.24) is 0 Å². The lowest BCUT2D eigenvalue weighted by Gasteiger charge is -2.42. The molecule has 2 amide bonds. The number of fused-ring (bicyclic) bond motifs is 3. The summed E-state index contributed by atoms with van der Waals surface area (Å²) in [5.74, 6) is -4.08. The Morgan fingerprint density at radius 3 is 2.38 bits per heavy atom. The van der Waals surface area contributed by atoms with Crippen molar-refractivity contribution in [1.29, 1.82) is 0 Å². The Hall–Kier alpha value is -4.66. The van der Waals surface area contributed by atoms with Crippen LogP contribution in [0.2, 0.25) is 0 Å². The number of aromatic hydroxyl groups is 1. The number of aryl methyl sites for hydroxylation is 1. The number of carbonyl (C=O) groups excluding carboxylic acids is 4. The number of anilines is 1. The second-order valence-corrected chi connectivity index (χ2v) is 10.5. The average molecular weight is 525 g/mol. The van der Waals surface area contributed by atoms with Crippen LogP contribution in [-0.4, -0.2) is 33.4 Å². The van der Waals surface area contributed by atoms with Crippen molar-refractivity contribution in [3.63, 3.8) is 0 Å². The topological polar surface area (TPSA) is 135 Å². The molecule has 9 heteroatoms. The highest BCUT2D eigenvalue weighted by molar-refractivity contribution is 6.25. The molecule has 0 aromatic heterocycles. The van der Waals surface area contributed by atoms with E-state index < -0.39 is 40.4 Å². The maximum Gasteiger partial charge on any atom is 0.269 e. The quantitative estimate of drug-likeness (QED) is 0.209. The molecule has 6 rings (SSSR count). The van der Waals surface area contributed by atoms with Gasteiger partial charge in [0.1, 0.15) is 5.75 Å². The lowest BCUT2D eigenvalue weighted by atomic mass is 9.59. The number of phenols is 1. The maximum atomic E-state index is 13.9. The number of rotatable bonds is 3. The van der Waals surface area contributed by atoms with Crippen molar-refractivity contribution in [3.05, 3.63) is 98.2 Å². The summed E-state index contributed by atoms with van der Waals surface area (Å²) >= 11 is 0. The van der Waals surface area contributed by atoms with Gasteiger partial charge in [-0.15, -0.1) is 0 Å². The normalized spacial score (nSPS) is 26.2. The number of allylic oxidation sites excluding steroid dienone is 6. The molecule has 0 bridgehead atoms. The molecule has 3 aliphatic carbocycles. The van der Waals surface area contributed by atoms with Crippen LogP contribution in [0.1, 0.15) is 36.8 Å². The highest BCUT2D eigenvalue weighted by atomic mass is 16.6. The zero-order chi connectivity index (χ0) is 27.7. The zero-order valence-electron chi connectivity index (χ0n) is 21.2. The van der Waals surface area contributed by atoms with Gasteiger partial charge < -0.3 is 5.11 Å². The molecule has 0 radical (unpaired) electrons. The average Bonchev–Trinajstić information content (AvgIpc) is 3.17. The Bertz CT molecular complexity index is 1610. The van der Waals surface area contributed by atoms with Gasteiger partial charge in [-0.25, -0.2) is 0 Å². The summed E-state index contributed by atoms with van der Waals surface area (Å²) in [6.07, 6.45) is 3.60. The molecule has 1 N–H and O–H groups in total. The molecule has 1 saturated heterocycles. The van der Waals surface area contributed by atoms with E-state index in [1.165, 1.54) is 30.3 Å². The first-order valence-corrected chi connectivity index (χ1v) is 12.7. The number of para-hydroxylation sites is 1. The van der Waals surface area contributed by atoms with E-state index in [0.29, 0.717) is 27.8 Å². The van der Waals surface area contributed by atoms with Gasteiger partial charge in [-0.3, -0.25) is 34.2 Å². The molecule has 1 heterocycles. The van der Waals surface area contributed by atoms with Gasteiger partial charge in [0.25, 0.3) is 5.69 Å². The third-order valence-electron chi connectivity index (χ3n) is 8.46. The molecular weight excluding hydrogens is 500 g/mol. The smallest absolute Gasteiger partial charge is 0.269 e. The molecule has 9 nitrogen and oxygen atoms in total. The number of ketones is 2. The van der Waals surface area contributed by atoms with Crippen LogP contribution in [0.3, 0.4) is 0 Å². The number of amides is 2. The number of Topliss-reactive ketones (excluding diaryl/α,β-unsaturated/α-hetero) is 1. The van der Waals surface area contributed by atoms with Crippen molar-refractivity contribution >= 4 is 34.8 Å². The molecule has 2 aromatic rings. The summed E-state index contributed by atoms with van der Waals surface area (Å²) in [5, 5.41) is 22.1. The van der Waals surface area contributed by atoms with Crippen LogP contribution in [0.25, 0.3) is 0 Å². The van der Waals surface area contributed by atoms with Crippen LogP contribution in [0.15, 0.2) is 76.9 Å². The number of imide groups is 1. The SMILES string of the molecule is CC1=CC(=O)C2=C(CC3C(=CCC4C(=O)N(c5ccc([N+](=O)[O-])cc5)C(=O)C43)C2c2cccc(C)c2O)C1=O. The van der Waals surface area contributed by atoms with Gasteiger partial charge in [-0.05, 0) is 56.4 Å². The summed E-state index contributed by atoms with van der Waals surface area (Å²) in [4.78, 5) is 65.6. The summed E-state index contributed by atoms with van der Waals surface area (Å²) in [6, 6.07) is 10.5. The minimum atomic E-state index is -0.773. The summed E-state index contributed by atoms with van der Waals surface area (Å²) in [7, 11) is 0. The Labute approximate surface area is 223 Å². The molecule has 39 heavy (non-hydrogen) atoms. The number of hydrogen-bond donors (Lipinski definition) is 1. The highest BCUT2D eigenvalue weighted by Gasteiger charge is 2.56. The predicted molar refractivity (Wildman–Crippen MR) is 140 cm³/mol. The first kappa shape index (κ1) is 24.7. The van der Waals surface area contributed by atoms with Gasteiger partial charge in [-0.1, -0.05) is 29.8 Å². The summed E-state index contributed by atoms with van der Waals surface area (Å²) in [5.41, 5.74) is 2.88. The van der Waals surface area contributed by atoms with Gasteiger partial charge in [-0.2, -0.15) is 0 Å². The van der Waals surface area contributed by atoms with Crippen LogP contribution >= 0.6 is 0 Å². The number of nitro groups is 1. The molecule has 1 aliphatic heterocycles. The summed E-state index contributed by atoms with van der Waals surface area (Å²) < 4.78 is 0. The van der Waals surface area contributed by atoms with Crippen LogP contribution in [0.5, 0.6) is 5.75 Å². The van der Waals surface area contributed by atoms with Crippen LogP contribution in [0.4, 0.5) is 11.4 Å². The molecule has 1 fully saturated rings. The van der Waals surface area contributed by atoms with Crippen molar-refractivity contribution in [3.8, 4) is 5.75 Å². The van der Waals surface area contributed by atoms with Crippen molar-refractivity contribution < 1.29 is 29.2 Å². The third kappa shape index (κ3) is 3.53. The van der Waals surface area contributed by atoms with Crippen LogP contribution in [-0.2, 0) is 19.2 Å². The second kappa shape index (κ2) is 8.69. The number of nitro benzene ring substituents is 1. The molecule has 4 unspecified atom stereocenters. The number of carbonyl (C=O) groups is 4. The third-order valence-corrected chi connectivity index (χ3v) is 8.46. The lowest BCUT2D eigenvalue weighted by molar-refractivity contribution is -0.384. The maximum absolute atomic E-state index is 13.9. The van der Waals surface area contributed by atoms with E-state index in [1.54, 1.807) is 32.0 Å². The van der Waals surface area contributed by atoms with Crippen molar-refractivity contribution in [2.45, 2.75) is 32.6 Å². The first-order valence-electron chi connectivity index (χ1n) is 12.7. The largest absolute Gasteiger partial charge is 0.507 e. The van der Waals surface area contributed by atoms with E-state index in [2.05, 4.69) is 0 Å². The fourth-order valence-corrected chi connectivity index (χ4v) is 6.63. The lowest BCUT2D eigenvalue weighted by Crippen LogP contribution is -2.39. The number of hydrogen-bond acceptors (Lipinski definition) is 7. The highest BCUT2D eigenvalue weighted by Crippen LogP contribution is 2.56. The van der Waals surface area contributed by atoms with E-state index in [4.69, 9.17) is 0 Å². The molecule has 4 atom stereocenters. The Kier molecular flexibility index (Phi) is 5.50. The van der Waals surface area contributed by atoms with Gasteiger partial charge in [0.05, 0.1) is 22.4 Å². The molecule has 0 spiro atoms. The van der Waals surface area contributed by atoms with Gasteiger partial charge in [0.15, 0.2) is 11.6 Å².